The summed E-state index contributed by atoms with van der Waals surface area (Å²) in [4.78, 5) is 39.4. The summed E-state index contributed by atoms with van der Waals surface area (Å²) < 4.78 is 13.1. The number of benzene rings is 3. The van der Waals surface area contributed by atoms with E-state index in [9.17, 15) is 14.4 Å². The van der Waals surface area contributed by atoms with Gasteiger partial charge in [-0.25, -0.2) is 4.79 Å². The van der Waals surface area contributed by atoms with E-state index >= 15 is 0 Å². The Balaban J connectivity index is 1.61. The van der Waals surface area contributed by atoms with Gasteiger partial charge in [-0.3, -0.25) is 18.7 Å². The average Bonchev–Trinajstić information content (AvgIpc) is 3.38. The molecule has 0 unspecified atom stereocenters. The van der Waals surface area contributed by atoms with Crippen molar-refractivity contribution in [1.29, 1.82) is 0 Å². The van der Waals surface area contributed by atoms with E-state index in [0.29, 0.717) is 33.2 Å². The Labute approximate surface area is 208 Å². The maximum Gasteiger partial charge on any atom is 0.330 e. The molecule has 0 radical (unpaired) electrons. The molecule has 2 aromatic heterocycles. The van der Waals surface area contributed by atoms with E-state index in [1.165, 1.54) is 9.13 Å². The summed E-state index contributed by atoms with van der Waals surface area (Å²) in [6, 6.07) is 17.4. The summed E-state index contributed by atoms with van der Waals surface area (Å²) in [5.41, 5.74) is 2.74. The number of fused-ring (bicyclic) bond motifs is 3. The molecule has 5 rings (SSSR count). The van der Waals surface area contributed by atoms with Crippen molar-refractivity contribution in [3.05, 3.63) is 91.2 Å². The molecule has 0 fully saturated rings. The number of rotatable bonds is 6. The molecule has 0 saturated carbocycles. The van der Waals surface area contributed by atoms with Crippen LogP contribution >= 0.6 is 43.6 Å². The monoisotopic (exact) mass is 584 g/mol. The van der Waals surface area contributed by atoms with Gasteiger partial charge in [0.25, 0.3) is 0 Å². The standard InChI is InChI=1S/C23H14Br2N4O3S/c24-15-5-1-13(2-6-15)19(30)11-28-18-10-9-17-21(27-33-26-17)22(18)29(23(28)32)12-20(31)14-3-7-16(25)8-4-14/h1-10H,11-12H2. The third-order valence-corrected chi connectivity index (χ3v) is 6.94. The number of Topliss-reactive ketones (excluding diaryl/α,β-unsaturated/α-hetero) is 2. The number of halogens is 2. The minimum Gasteiger partial charge on any atom is -0.292 e. The Morgan fingerprint density at radius 1 is 0.758 bits per heavy atom. The van der Waals surface area contributed by atoms with Crippen molar-refractivity contribution in [2.45, 2.75) is 13.1 Å². The van der Waals surface area contributed by atoms with E-state index in [2.05, 4.69) is 40.6 Å². The maximum atomic E-state index is 13.5. The van der Waals surface area contributed by atoms with Crippen LogP contribution in [-0.4, -0.2) is 29.4 Å². The van der Waals surface area contributed by atoms with Gasteiger partial charge >= 0.3 is 5.69 Å². The second kappa shape index (κ2) is 8.77. The Bertz CT molecular complexity index is 1580. The lowest BCUT2D eigenvalue weighted by atomic mass is 10.1. The van der Waals surface area contributed by atoms with E-state index in [-0.39, 0.29) is 24.7 Å². The first-order valence-electron chi connectivity index (χ1n) is 9.84. The topological polar surface area (TPSA) is 86.9 Å². The predicted molar refractivity (Wildman–Crippen MR) is 134 cm³/mol. The van der Waals surface area contributed by atoms with Crippen molar-refractivity contribution in [3.63, 3.8) is 0 Å². The quantitative estimate of drug-likeness (QED) is 0.259. The minimum atomic E-state index is -0.443. The number of imidazole rings is 1. The third kappa shape index (κ3) is 4.09. The number of aromatic nitrogens is 4. The lowest BCUT2D eigenvalue weighted by Gasteiger charge is -2.04. The largest absolute Gasteiger partial charge is 0.330 e. The maximum absolute atomic E-state index is 13.5. The van der Waals surface area contributed by atoms with Gasteiger partial charge in [0, 0.05) is 20.1 Å². The fourth-order valence-corrected chi connectivity index (χ4v) is 4.76. The van der Waals surface area contributed by atoms with Crippen LogP contribution in [0.2, 0.25) is 0 Å². The molecule has 164 valence electrons. The molecule has 0 spiro atoms. The van der Waals surface area contributed by atoms with Crippen LogP contribution in [0.1, 0.15) is 20.7 Å². The van der Waals surface area contributed by atoms with Gasteiger partial charge in [-0.1, -0.05) is 56.1 Å². The predicted octanol–water partition coefficient (Wildman–Crippen LogP) is 5.10. The van der Waals surface area contributed by atoms with Crippen molar-refractivity contribution < 1.29 is 9.59 Å². The molecule has 33 heavy (non-hydrogen) atoms. The van der Waals surface area contributed by atoms with Gasteiger partial charge in [0.15, 0.2) is 11.6 Å². The zero-order valence-electron chi connectivity index (χ0n) is 16.9. The van der Waals surface area contributed by atoms with E-state index < -0.39 is 5.69 Å². The molecule has 0 amide bonds. The lowest BCUT2D eigenvalue weighted by molar-refractivity contribution is 0.0970. The van der Waals surface area contributed by atoms with Crippen molar-refractivity contribution in [2.24, 2.45) is 0 Å². The van der Waals surface area contributed by atoms with Crippen molar-refractivity contribution >= 4 is 77.2 Å². The van der Waals surface area contributed by atoms with Crippen LogP contribution in [-0.2, 0) is 13.1 Å². The highest BCUT2D eigenvalue weighted by atomic mass is 79.9. The summed E-state index contributed by atoms with van der Waals surface area (Å²) in [5.74, 6) is -0.428. The summed E-state index contributed by atoms with van der Waals surface area (Å²) in [5, 5.41) is 0. The van der Waals surface area contributed by atoms with Crippen LogP contribution in [0.3, 0.4) is 0 Å². The number of carbonyl (C=O) groups is 2. The number of hydrogen-bond donors (Lipinski definition) is 0. The normalized spacial score (nSPS) is 11.3. The minimum absolute atomic E-state index is 0.153. The summed E-state index contributed by atoms with van der Waals surface area (Å²) in [6.45, 7) is -0.327. The SMILES string of the molecule is O=C(Cn1c(=O)n(CC(=O)c2ccc(Br)cc2)c2c3nsnc3ccc21)c1ccc(Br)cc1. The lowest BCUT2D eigenvalue weighted by Crippen LogP contribution is -2.29. The molecule has 7 nitrogen and oxygen atoms in total. The molecule has 0 aliphatic carbocycles. The van der Waals surface area contributed by atoms with Crippen molar-refractivity contribution in [1.82, 2.24) is 17.9 Å². The molecule has 5 aromatic rings. The van der Waals surface area contributed by atoms with Crippen molar-refractivity contribution in [3.8, 4) is 0 Å². The first kappa shape index (κ1) is 21.9. The molecule has 3 aromatic carbocycles. The number of hydrogen-bond acceptors (Lipinski definition) is 6. The number of ketones is 2. The molecular formula is C23H14Br2N4O3S. The zero-order valence-corrected chi connectivity index (χ0v) is 20.9. The van der Waals surface area contributed by atoms with Crippen LogP contribution in [0.25, 0.3) is 22.1 Å². The smallest absolute Gasteiger partial charge is 0.292 e. The summed E-state index contributed by atoms with van der Waals surface area (Å²) >= 11 is 7.75. The van der Waals surface area contributed by atoms with Crippen LogP contribution in [0.4, 0.5) is 0 Å². The van der Waals surface area contributed by atoms with Gasteiger partial charge < -0.3 is 0 Å². The number of nitrogens with zero attached hydrogens (tertiary/aromatic N) is 4. The number of carbonyl (C=O) groups excluding carboxylic acids is 2. The highest BCUT2D eigenvalue weighted by Crippen LogP contribution is 2.24. The van der Waals surface area contributed by atoms with Gasteiger partial charge in [-0.2, -0.15) is 8.75 Å². The van der Waals surface area contributed by atoms with Gasteiger partial charge in [-0.05, 0) is 36.4 Å². The van der Waals surface area contributed by atoms with Crippen LogP contribution < -0.4 is 5.69 Å². The molecule has 0 N–H and O–H groups in total. The fraction of sp³-hybridized carbons (Fsp3) is 0.0870. The summed E-state index contributed by atoms with van der Waals surface area (Å²) in [6.07, 6.45) is 0. The second-order valence-corrected chi connectivity index (χ2v) is 9.74. The van der Waals surface area contributed by atoms with Crippen LogP contribution in [0, 0.1) is 0 Å². The van der Waals surface area contributed by atoms with Gasteiger partial charge in [0.1, 0.15) is 11.0 Å². The Morgan fingerprint density at radius 2 is 1.30 bits per heavy atom. The van der Waals surface area contributed by atoms with E-state index in [0.717, 1.165) is 20.7 Å². The van der Waals surface area contributed by atoms with Crippen molar-refractivity contribution in [2.75, 3.05) is 0 Å². The molecular weight excluding hydrogens is 572 g/mol. The van der Waals surface area contributed by atoms with Gasteiger partial charge in [0.2, 0.25) is 0 Å². The summed E-state index contributed by atoms with van der Waals surface area (Å²) in [7, 11) is 0. The van der Waals surface area contributed by atoms with E-state index in [4.69, 9.17) is 0 Å². The van der Waals surface area contributed by atoms with Crippen LogP contribution in [0.15, 0.2) is 74.4 Å². The highest BCUT2D eigenvalue weighted by Gasteiger charge is 2.22. The fourth-order valence-electron chi connectivity index (χ4n) is 3.70. The molecule has 0 atom stereocenters. The van der Waals surface area contributed by atoms with Crippen LogP contribution in [0.5, 0.6) is 0 Å². The van der Waals surface area contributed by atoms with E-state index in [1.807, 2.05) is 0 Å². The molecule has 2 heterocycles. The first-order chi connectivity index (χ1) is 15.9. The highest BCUT2D eigenvalue weighted by molar-refractivity contribution is 9.10. The average molecular weight is 586 g/mol. The second-order valence-electron chi connectivity index (χ2n) is 7.38. The Morgan fingerprint density at radius 3 is 1.88 bits per heavy atom. The third-order valence-electron chi connectivity index (χ3n) is 5.34. The molecule has 0 saturated heterocycles. The molecule has 0 aliphatic heterocycles. The molecule has 10 heteroatoms. The zero-order chi connectivity index (χ0) is 23.1. The Kier molecular flexibility index (Phi) is 5.81. The Hall–Kier alpha value is -2.95. The van der Waals surface area contributed by atoms with E-state index in [1.54, 1.807) is 60.7 Å². The van der Waals surface area contributed by atoms with Gasteiger partial charge in [0.05, 0.1) is 35.9 Å². The van der Waals surface area contributed by atoms with Gasteiger partial charge in [-0.15, -0.1) is 0 Å². The molecule has 0 aliphatic rings. The molecule has 0 bridgehead atoms. The first-order valence-corrected chi connectivity index (χ1v) is 12.2.